The van der Waals surface area contributed by atoms with Crippen molar-refractivity contribution in [2.75, 3.05) is 32.7 Å². The third-order valence-electron chi connectivity index (χ3n) is 4.23. The smallest absolute Gasteiger partial charge is 0.0928 e. The molecule has 1 aliphatic rings. The first-order valence-corrected chi connectivity index (χ1v) is 7.57. The van der Waals surface area contributed by atoms with Crippen molar-refractivity contribution in [2.24, 2.45) is 5.73 Å². The first-order chi connectivity index (χ1) is 9.50. The fourth-order valence-corrected chi connectivity index (χ4v) is 2.65. The highest BCUT2D eigenvalue weighted by Crippen LogP contribution is 2.17. The monoisotopic (exact) mass is 292 g/mol. The number of pyridine rings is 1. The molecule has 0 amide bonds. The summed E-state index contributed by atoms with van der Waals surface area (Å²) in [4.78, 5) is 9.53. The summed E-state index contributed by atoms with van der Waals surface area (Å²) in [7, 11) is 0. The predicted molar refractivity (Wildman–Crippen MR) is 86.8 cm³/mol. The number of hydrogen-bond donors (Lipinski definition) is 1. The molecule has 1 aromatic rings. The Balaban J connectivity index is 1.79. The third-order valence-corrected chi connectivity index (χ3v) is 4.73. The van der Waals surface area contributed by atoms with Crippen molar-refractivity contribution in [1.82, 2.24) is 14.8 Å². The molecule has 4 nitrogen and oxygen atoms in total. The normalized spacial score (nSPS) is 18.1. The van der Waals surface area contributed by atoms with Crippen LogP contribution in [-0.2, 0) is 6.42 Å². The number of piperazine rings is 1. The van der Waals surface area contributed by atoms with Crippen molar-refractivity contribution < 1.29 is 0 Å². The van der Waals surface area contributed by atoms with E-state index in [1.54, 1.807) is 0 Å². The lowest BCUT2D eigenvalue weighted by Gasteiger charge is -2.43. The van der Waals surface area contributed by atoms with E-state index in [4.69, 9.17) is 18.0 Å². The van der Waals surface area contributed by atoms with Crippen LogP contribution in [0.3, 0.4) is 0 Å². The Hall–Kier alpha value is -1.04. The molecule has 2 N–H and O–H groups in total. The summed E-state index contributed by atoms with van der Waals surface area (Å²) in [5, 5.41) is 0. The number of hydrogen-bond acceptors (Lipinski definition) is 4. The zero-order valence-corrected chi connectivity index (χ0v) is 13.2. The van der Waals surface area contributed by atoms with Gasteiger partial charge in [-0.15, -0.1) is 0 Å². The lowest BCUT2D eigenvalue weighted by molar-refractivity contribution is 0.0867. The predicted octanol–water partition coefficient (Wildman–Crippen LogP) is 1.31. The average molecular weight is 292 g/mol. The second-order valence-corrected chi connectivity index (χ2v) is 6.30. The summed E-state index contributed by atoms with van der Waals surface area (Å²) in [6, 6.07) is 4.18. The van der Waals surface area contributed by atoms with Crippen LogP contribution < -0.4 is 5.73 Å². The van der Waals surface area contributed by atoms with Gasteiger partial charge in [0, 0.05) is 45.1 Å². The highest BCUT2D eigenvalue weighted by molar-refractivity contribution is 7.80. The third kappa shape index (κ3) is 3.75. The van der Waals surface area contributed by atoms with Gasteiger partial charge in [-0.2, -0.15) is 0 Å². The largest absolute Gasteiger partial charge is 0.392 e. The molecular formula is C15H24N4S. The van der Waals surface area contributed by atoms with E-state index in [0.29, 0.717) is 4.99 Å². The van der Waals surface area contributed by atoms with E-state index in [1.165, 1.54) is 5.56 Å². The van der Waals surface area contributed by atoms with Gasteiger partial charge in [-0.1, -0.05) is 12.2 Å². The standard InChI is InChI=1S/C15H24N4S/c1-15(2,14(16)20)19-11-9-18(10-12-19)8-5-13-3-6-17-7-4-13/h3-4,6-7H,5,8-12H2,1-2H3,(H2,16,20). The molecule has 0 unspecified atom stereocenters. The number of rotatable bonds is 5. The maximum atomic E-state index is 5.84. The molecule has 20 heavy (non-hydrogen) atoms. The molecule has 0 aliphatic carbocycles. The van der Waals surface area contributed by atoms with Crippen LogP contribution in [0.15, 0.2) is 24.5 Å². The first kappa shape index (κ1) is 15.4. The Kier molecular flexibility index (Phi) is 5.07. The van der Waals surface area contributed by atoms with Gasteiger partial charge in [0.05, 0.1) is 10.5 Å². The lowest BCUT2D eigenvalue weighted by Crippen LogP contribution is -2.59. The van der Waals surface area contributed by atoms with Gasteiger partial charge in [0.15, 0.2) is 0 Å². The molecule has 2 rings (SSSR count). The van der Waals surface area contributed by atoms with Crippen LogP contribution in [0.2, 0.25) is 0 Å². The number of nitrogens with zero attached hydrogens (tertiary/aromatic N) is 3. The molecule has 2 heterocycles. The zero-order valence-electron chi connectivity index (χ0n) is 12.4. The molecule has 0 spiro atoms. The summed E-state index contributed by atoms with van der Waals surface area (Å²) >= 11 is 5.17. The fourth-order valence-electron chi connectivity index (χ4n) is 2.52. The average Bonchev–Trinajstić information content (AvgIpc) is 2.46. The minimum Gasteiger partial charge on any atom is -0.392 e. The van der Waals surface area contributed by atoms with Gasteiger partial charge in [0.2, 0.25) is 0 Å². The molecular weight excluding hydrogens is 268 g/mol. The summed E-state index contributed by atoms with van der Waals surface area (Å²) < 4.78 is 0. The van der Waals surface area contributed by atoms with Gasteiger partial charge in [-0.3, -0.25) is 9.88 Å². The minimum absolute atomic E-state index is 0.174. The molecule has 1 aliphatic heterocycles. The SMILES string of the molecule is CC(C)(C(N)=S)N1CCN(CCc2ccncc2)CC1. The van der Waals surface area contributed by atoms with E-state index in [9.17, 15) is 0 Å². The van der Waals surface area contributed by atoms with E-state index in [-0.39, 0.29) is 5.54 Å². The van der Waals surface area contributed by atoms with Crippen LogP contribution in [0.5, 0.6) is 0 Å². The molecule has 0 bridgehead atoms. The Bertz CT molecular complexity index is 438. The second-order valence-electron chi connectivity index (χ2n) is 5.86. The van der Waals surface area contributed by atoms with Crippen LogP contribution >= 0.6 is 12.2 Å². The lowest BCUT2D eigenvalue weighted by atomic mass is 10.0. The van der Waals surface area contributed by atoms with E-state index in [0.717, 1.165) is 39.1 Å². The van der Waals surface area contributed by atoms with Gasteiger partial charge < -0.3 is 10.6 Å². The van der Waals surface area contributed by atoms with Crippen LogP contribution in [0, 0.1) is 0 Å². The summed E-state index contributed by atoms with van der Waals surface area (Å²) in [5.41, 5.74) is 7.02. The molecule has 1 aromatic heterocycles. The van der Waals surface area contributed by atoms with E-state index >= 15 is 0 Å². The maximum Gasteiger partial charge on any atom is 0.0928 e. The summed E-state index contributed by atoms with van der Waals surface area (Å²) in [6.45, 7) is 9.55. The van der Waals surface area contributed by atoms with Crippen LogP contribution in [-0.4, -0.2) is 58.0 Å². The topological polar surface area (TPSA) is 45.4 Å². The molecule has 0 atom stereocenters. The van der Waals surface area contributed by atoms with Crippen LogP contribution in [0.25, 0.3) is 0 Å². The Morgan fingerprint density at radius 3 is 2.40 bits per heavy atom. The minimum atomic E-state index is -0.174. The second kappa shape index (κ2) is 6.61. The Labute approximate surface area is 127 Å². The summed E-state index contributed by atoms with van der Waals surface area (Å²) in [5.74, 6) is 0. The molecule has 110 valence electrons. The van der Waals surface area contributed by atoms with Crippen LogP contribution in [0.1, 0.15) is 19.4 Å². The fraction of sp³-hybridized carbons (Fsp3) is 0.600. The summed E-state index contributed by atoms with van der Waals surface area (Å²) in [6.07, 6.45) is 4.80. The highest BCUT2D eigenvalue weighted by Gasteiger charge is 2.31. The number of nitrogens with two attached hydrogens (primary N) is 1. The van der Waals surface area contributed by atoms with Crippen LogP contribution in [0.4, 0.5) is 0 Å². The van der Waals surface area contributed by atoms with E-state index < -0.39 is 0 Å². The van der Waals surface area contributed by atoms with Gasteiger partial charge in [0.25, 0.3) is 0 Å². The van der Waals surface area contributed by atoms with E-state index in [2.05, 4.69) is 40.8 Å². The molecule has 0 radical (unpaired) electrons. The maximum absolute atomic E-state index is 5.84. The molecule has 0 aromatic carbocycles. The molecule has 1 saturated heterocycles. The molecule has 1 fully saturated rings. The Morgan fingerprint density at radius 2 is 1.85 bits per heavy atom. The van der Waals surface area contributed by atoms with Gasteiger partial charge in [-0.25, -0.2) is 0 Å². The molecule has 0 saturated carbocycles. The number of thiocarbonyl (C=S) groups is 1. The molecule has 5 heteroatoms. The van der Waals surface area contributed by atoms with E-state index in [1.807, 2.05) is 12.4 Å². The van der Waals surface area contributed by atoms with Crippen molar-refractivity contribution in [3.63, 3.8) is 0 Å². The Morgan fingerprint density at radius 1 is 1.25 bits per heavy atom. The van der Waals surface area contributed by atoms with Crippen molar-refractivity contribution in [3.05, 3.63) is 30.1 Å². The first-order valence-electron chi connectivity index (χ1n) is 7.16. The quantitative estimate of drug-likeness (QED) is 0.829. The zero-order chi connectivity index (χ0) is 14.6. The van der Waals surface area contributed by atoms with Gasteiger partial charge in [0.1, 0.15) is 0 Å². The van der Waals surface area contributed by atoms with Gasteiger partial charge >= 0.3 is 0 Å². The van der Waals surface area contributed by atoms with Crippen molar-refractivity contribution >= 4 is 17.2 Å². The number of aromatic nitrogens is 1. The van der Waals surface area contributed by atoms with Gasteiger partial charge in [-0.05, 0) is 38.0 Å². The van der Waals surface area contributed by atoms with Crippen molar-refractivity contribution in [2.45, 2.75) is 25.8 Å². The van der Waals surface area contributed by atoms with Crippen molar-refractivity contribution in [1.29, 1.82) is 0 Å². The van der Waals surface area contributed by atoms with Crippen molar-refractivity contribution in [3.8, 4) is 0 Å². The highest BCUT2D eigenvalue weighted by atomic mass is 32.1.